The number of carbonyl (C=O) groups excluding carboxylic acids is 1. The van der Waals surface area contributed by atoms with E-state index in [1.807, 2.05) is 48.7 Å². The van der Waals surface area contributed by atoms with Crippen LogP contribution in [0.2, 0.25) is 0 Å². The van der Waals surface area contributed by atoms with Crippen molar-refractivity contribution in [1.29, 1.82) is 0 Å². The molecule has 1 atom stereocenters. The van der Waals surface area contributed by atoms with Crippen molar-refractivity contribution in [3.63, 3.8) is 0 Å². The Balaban J connectivity index is 2.10. The minimum atomic E-state index is 0.257. The maximum absolute atomic E-state index is 11.8. The van der Waals surface area contributed by atoms with Gasteiger partial charge in [0.05, 0.1) is 0 Å². The maximum Gasteiger partial charge on any atom is 0.163 e. The first-order valence-corrected chi connectivity index (χ1v) is 5.89. The minimum Gasteiger partial charge on any atom is -0.294 e. The molecule has 0 aliphatic heterocycles. The molecule has 84 valence electrons. The molecule has 1 aliphatic carbocycles. The number of rotatable bonds is 1. The molecule has 2 aromatic rings. The Hall–Kier alpha value is -1.96. The fourth-order valence-corrected chi connectivity index (χ4v) is 2.51. The Labute approximate surface area is 100 Å². The number of ketones is 1. The molecule has 0 saturated heterocycles. The van der Waals surface area contributed by atoms with Gasteiger partial charge in [0, 0.05) is 29.8 Å². The van der Waals surface area contributed by atoms with Crippen LogP contribution in [0.5, 0.6) is 0 Å². The van der Waals surface area contributed by atoms with E-state index in [-0.39, 0.29) is 11.7 Å². The number of nitrogens with zero attached hydrogens (tertiary/aromatic N) is 1. The number of Topliss-reactive ketones (excluding diaryl/α,β-unsaturated/α-hetero) is 1. The van der Waals surface area contributed by atoms with Crippen LogP contribution < -0.4 is 0 Å². The predicted molar refractivity (Wildman–Crippen MR) is 66.1 cm³/mol. The molecule has 1 aliphatic rings. The van der Waals surface area contributed by atoms with Crippen molar-refractivity contribution in [3.05, 3.63) is 65.5 Å². The normalized spacial score (nSPS) is 18.8. The fourth-order valence-electron chi connectivity index (χ4n) is 2.51. The molecule has 2 nitrogen and oxygen atoms in total. The van der Waals surface area contributed by atoms with Crippen LogP contribution in [-0.2, 0) is 0 Å². The number of benzene rings is 1. The van der Waals surface area contributed by atoms with E-state index in [1.165, 1.54) is 0 Å². The van der Waals surface area contributed by atoms with Gasteiger partial charge in [0.25, 0.3) is 0 Å². The molecule has 1 aromatic carbocycles. The first kappa shape index (κ1) is 10.2. The number of carbonyl (C=O) groups is 1. The van der Waals surface area contributed by atoms with E-state index in [1.54, 1.807) is 0 Å². The molecular weight excluding hydrogens is 210 g/mol. The zero-order chi connectivity index (χ0) is 11.7. The highest BCUT2D eigenvalue weighted by Crippen LogP contribution is 2.35. The van der Waals surface area contributed by atoms with E-state index < -0.39 is 0 Å². The van der Waals surface area contributed by atoms with Crippen molar-refractivity contribution < 1.29 is 4.79 Å². The van der Waals surface area contributed by atoms with Crippen molar-refractivity contribution in [2.45, 2.75) is 18.8 Å². The van der Waals surface area contributed by atoms with Gasteiger partial charge < -0.3 is 0 Å². The lowest BCUT2D eigenvalue weighted by Gasteiger charge is -2.23. The van der Waals surface area contributed by atoms with E-state index in [0.717, 1.165) is 23.2 Å². The van der Waals surface area contributed by atoms with E-state index >= 15 is 0 Å². The number of hydrogen-bond donors (Lipinski definition) is 0. The van der Waals surface area contributed by atoms with Crippen LogP contribution in [-0.4, -0.2) is 10.8 Å². The zero-order valence-corrected chi connectivity index (χ0v) is 9.47. The van der Waals surface area contributed by atoms with Crippen LogP contribution >= 0.6 is 0 Å². The van der Waals surface area contributed by atoms with Crippen LogP contribution in [0.15, 0.2) is 48.7 Å². The standard InChI is InChI=1S/C15H13NO/c17-15-9-8-12(14-7-3-4-10-16-14)11-5-1-2-6-13(11)15/h1-7,10,12H,8-9H2. The topological polar surface area (TPSA) is 30.0 Å². The molecule has 0 bridgehead atoms. The third-order valence-corrected chi connectivity index (χ3v) is 3.34. The largest absolute Gasteiger partial charge is 0.294 e. The predicted octanol–water partition coefficient (Wildman–Crippen LogP) is 3.19. The Bertz CT molecular complexity index is 548. The highest BCUT2D eigenvalue weighted by atomic mass is 16.1. The average Bonchev–Trinajstić information content (AvgIpc) is 2.41. The molecule has 0 amide bonds. The van der Waals surface area contributed by atoms with Crippen molar-refractivity contribution in [2.75, 3.05) is 0 Å². The summed E-state index contributed by atoms with van der Waals surface area (Å²) in [5.74, 6) is 0.526. The van der Waals surface area contributed by atoms with E-state index in [4.69, 9.17) is 0 Å². The van der Waals surface area contributed by atoms with Gasteiger partial charge in [-0.3, -0.25) is 9.78 Å². The number of fused-ring (bicyclic) bond motifs is 1. The molecule has 1 heterocycles. The number of hydrogen-bond acceptors (Lipinski definition) is 2. The molecule has 0 N–H and O–H groups in total. The molecule has 3 rings (SSSR count). The quantitative estimate of drug-likeness (QED) is 0.743. The van der Waals surface area contributed by atoms with Crippen molar-refractivity contribution in [2.24, 2.45) is 0 Å². The third kappa shape index (κ3) is 1.76. The van der Waals surface area contributed by atoms with Crippen LogP contribution in [0.1, 0.15) is 40.4 Å². The number of pyridine rings is 1. The highest BCUT2D eigenvalue weighted by molar-refractivity contribution is 5.98. The lowest BCUT2D eigenvalue weighted by molar-refractivity contribution is 0.0969. The highest BCUT2D eigenvalue weighted by Gasteiger charge is 2.26. The summed E-state index contributed by atoms with van der Waals surface area (Å²) in [5.41, 5.74) is 3.06. The Morgan fingerprint density at radius 1 is 1.06 bits per heavy atom. The minimum absolute atomic E-state index is 0.257. The van der Waals surface area contributed by atoms with E-state index in [9.17, 15) is 4.79 Å². The molecule has 1 unspecified atom stereocenters. The van der Waals surface area contributed by atoms with Gasteiger partial charge in [0.1, 0.15) is 0 Å². The molecule has 1 aromatic heterocycles. The van der Waals surface area contributed by atoms with Crippen LogP contribution in [0.25, 0.3) is 0 Å². The van der Waals surface area contributed by atoms with Gasteiger partial charge in [0.2, 0.25) is 0 Å². The molecular formula is C15H13NO. The Kier molecular flexibility index (Phi) is 2.48. The van der Waals surface area contributed by atoms with Gasteiger partial charge in [-0.1, -0.05) is 30.3 Å². The van der Waals surface area contributed by atoms with Gasteiger partial charge in [-0.15, -0.1) is 0 Å². The Morgan fingerprint density at radius 3 is 2.71 bits per heavy atom. The SMILES string of the molecule is O=C1CCC(c2ccccn2)c2ccccc21. The number of aromatic nitrogens is 1. The molecule has 0 saturated carbocycles. The van der Waals surface area contributed by atoms with Gasteiger partial charge in [-0.25, -0.2) is 0 Å². The van der Waals surface area contributed by atoms with E-state index in [0.29, 0.717) is 6.42 Å². The third-order valence-electron chi connectivity index (χ3n) is 3.34. The molecule has 0 spiro atoms. The summed E-state index contributed by atoms with van der Waals surface area (Å²) < 4.78 is 0. The summed E-state index contributed by atoms with van der Waals surface area (Å²) >= 11 is 0. The molecule has 0 radical (unpaired) electrons. The molecule has 0 fully saturated rings. The summed E-state index contributed by atoms with van der Waals surface area (Å²) in [6, 6.07) is 13.9. The van der Waals surface area contributed by atoms with Crippen molar-refractivity contribution >= 4 is 5.78 Å². The Morgan fingerprint density at radius 2 is 1.88 bits per heavy atom. The van der Waals surface area contributed by atoms with Crippen molar-refractivity contribution in [1.82, 2.24) is 4.98 Å². The van der Waals surface area contributed by atoms with Crippen LogP contribution in [0, 0.1) is 0 Å². The zero-order valence-electron chi connectivity index (χ0n) is 9.47. The van der Waals surface area contributed by atoms with Gasteiger partial charge in [0.15, 0.2) is 5.78 Å². The molecule has 17 heavy (non-hydrogen) atoms. The lowest BCUT2D eigenvalue weighted by atomic mass is 9.80. The van der Waals surface area contributed by atoms with Crippen LogP contribution in [0.3, 0.4) is 0 Å². The van der Waals surface area contributed by atoms with Crippen molar-refractivity contribution in [3.8, 4) is 0 Å². The summed E-state index contributed by atoms with van der Waals surface area (Å²) in [5, 5.41) is 0. The van der Waals surface area contributed by atoms with Gasteiger partial charge >= 0.3 is 0 Å². The first-order chi connectivity index (χ1) is 8.36. The average molecular weight is 223 g/mol. The molecule has 2 heteroatoms. The summed E-state index contributed by atoms with van der Waals surface area (Å²) in [6.07, 6.45) is 3.31. The fraction of sp³-hybridized carbons (Fsp3) is 0.200. The van der Waals surface area contributed by atoms with Gasteiger partial charge in [-0.05, 0) is 24.1 Å². The summed E-state index contributed by atoms with van der Waals surface area (Å²) in [4.78, 5) is 16.3. The lowest BCUT2D eigenvalue weighted by Crippen LogP contribution is -2.17. The summed E-state index contributed by atoms with van der Waals surface area (Å²) in [7, 11) is 0. The van der Waals surface area contributed by atoms with Crippen LogP contribution in [0.4, 0.5) is 0 Å². The smallest absolute Gasteiger partial charge is 0.163 e. The maximum atomic E-state index is 11.8. The second-order valence-corrected chi connectivity index (χ2v) is 4.36. The summed E-state index contributed by atoms with van der Waals surface area (Å²) in [6.45, 7) is 0. The first-order valence-electron chi connectivity index (χ1n) is 5.89. The monoisotopic (exact) mass is 223 g/mol. The van der Waals surface area contributed by atoms with Gasteiger partial charge in [-0.2, -0.15) is 0 Å². The second kappa shape index (κ2) is 4.13. The van der Waals surface area contributed by atoms with E-state index in [2.05, 4.69) is 4.98 Å². The second-order valence-electron chi connectivity index (χ2n) is 4.36.